The van der Waals surface area contributed by atoms with Gasteiger partial charge in [0.15, 0.2) is 0 Å². The van der Waals surface area contributed by atoms with Gasteiger partial charge in [-0.15, -0.1) is 0 Å². The van der Waals surface area contributed by atoms with Crippen LogP contribution in [0.25, 0.3) is 0 Å². The van der Waals surface area contributed by atoms with Gasteiger partial charge in [-0.25, -0.2) is 0 Å². The molecule has 5 heteroatoms. The largest absolute Gasteiger partial charge is 0.489 e. The molecular weight excluding hydrogens is 258 g/mol. The van der Waals surface area contributed by atoms with Crippen LogP contribution in [0.2, 0.25) is 0 Å². The summed E-state index contributed by atoms with van der Waals surface area (Å²) in [4.78, 5) is 24.2. The molecule has 1 amide bonds. The summed E-state index contributed by atoms with van der Waals surface area (Å²) in [5.74, 6) is -0.543. The molecule has 0 bridgehead atoms. The van der Waals surface area contributed by atoms with Crippen LogP contribution in [0.5, 0.6) is 5.75 Å². The number of amides is 1. The van der Waals surface area contributed by atoms with Crippen molar-refractivity contribution >= 4 is 11.9 Å². The number of para-hydroxylation sites is 1. The van der Waals surface area contributed by atoms with Crippen molar-refractivity contribution in [3.05, 3.63) is 42.5 Å². The highest BCUT2D eigenvalue weighted by atomic mass is 16.5. The Kier molecular flexibility index (Phi) is 6.29. The first kappa shape index (κ1) is 15.8. The summed E-state index contributed by atoms with van der Waals surface area (Å²) >= 11 is 0. The highest BCUT2D eigenvalue weighted by Gasteiger charge is 2.16. The van der Waals surface area contributed by atoms with Gasteiger partial charge in [0.05, 0.1) is 5.56 Å². The first-order valence-electron chi connectivity index (χ1n) is 6.36. The molecule has 1 aromatic rings. The van der Waals surface area contributed by atoms with Crippen molar-refractivity contribution < 1.29 is 19.4 Å². The fourth-order valence-electron chi connectivity index (χ4n) is 1.69. The van der Waals surface area contributed by atoms with E-state index in [2.05, 4.69) is 6.58 Å². The number of hydrogen-bond donors (Lipinski definition) is 1. The van der Waals surface area contributed by atoms with Crippen LogP contribution in [-0.2, 0) is 4.79 Å². The minimum atomic E-state index is -0.861. The fraction of sp³-hybridized carbons (Fsp3) is 0.333. The van der Waals surface area contributed by atoms with Gasteiger partial charge in [0, 0.05) is 20.0 Å². The van der Waals surface area contributed by atoms with E-state index < -0.39 is 5.97 Å². The third kappa shape index (κ3) is 4.76. The summed E-state index contributed by atoms with van der Waals surface area (Å²) in [6.45, 7) is 4.28. The Morgan fingerprint density at radius 2 is 2.10 bits per heavy atom. The van der Waals surface area contributed by atoms with Crippen molar-refractivity contribution in [1.29, 1.82) is 0 Å². The van der Waals surface area contributed by atoms with E-state index in [-0.39, 0.29) is 12.3 Å². The summed E-state index contributed by atoms with van der Waals surface area (Å²) in [6, 6.07) is 6.97. The van der Waals surface area contributed by atoms with Crippen molar-refractivity contribution in [2.24, 2.45) is 0 Å². The van der Waals surface area contributed by atoms with Crippen LogP contribution in [-0.4, -0.2) is 42.1 Å². The number of carboxylic acid groups (broad SMARTS) is 1. The van der Waals surface area contributed by atoms with Crippen molar-refractivity contribution in [2.45, 2.75) is 12.8 Å². The summed E-state index contributed by atoms with van der Waals surface area (Å²) in [5, 5.41) is 8.59. The third-order valence-corrected chi connectivity index (χ3v) is 2.71. The van der Waals surface area contributed by atoms with E-state index in [4.69, 9.17) is 9.84 Å². The monoisotopic (exact) mass is 277 g/mol. The van der Waals surface area contributed by atoms with E-state index in [9.17, 15) is 9.59 Å². The molecule has 0 aromatic heterocycles. The van der Waals surface area contributed by atoms with Crippen molar-refractivity contribution in [1.82, 2.24) is 4.90 Å². The van der Waals surface area contributed by atoms with Gasteiger partial charge < -0.3 is 14.7 Å². The molecular formula is C15H19NO4. The highest BCUT2D eigenvalue weighted by molar-refractivity contribution is 5.96. The highest BCUT2D eigenvalue weighted by Crippen LogP contribution is 2.19. The molecule has 1 aromatic carbocycles. The van der Waals surface area contributed by atoms with E-state index in [0.29, 0.717) is 30.9 Å². The van der Waals surface area contributed by atoms with Crippen LogP contribution in [0.15, 0.2) is 36.9 Å². The number of carboxylic acids is 1. The van der Waals surface area contributed by atoms with E-state index in [1.807, 2.05) is 0 Å². The van der Waals surface area contributed by atoms with Gasteiger partial charge in [-0.1, -0.05) is 24.8 Å². The number of carbonyl (C=O) groups excluding carboxylic acids is 1. The maximum Gasteiger partial charge on any atom is 0.303 e. The summed E-state index contributed by atoms with van der Waals surface area (Å²) in [5.41, 5.74) is 0.465. The molecule has 0 aliphatic carbocycles. The topological polar surface area (TPSA) is 66.8 Å². The maximum atomic E-state index is 12.3. The van der Waals surface area contributed by atoms with Crippen LogP contribution in [0.1, 0.15) is 23.2 Å². The molecule has 0 saturated carbocycles. The first-order chi connectivity index (χ1) is 9.56. The second-order valence-corrected chi connectivity index (χ2v) is 4.32. The molecule has 0 fully saturated rings. The van der Waals surface area contributed by atoms with E-state index >= 15 is 0 Å². The molecule has 0 aliphatic rings. The minimum absolute atomic E-state index is 0.0478. The average Bonchev–Trinajstić information content (AvgIpc) is 2.44. The van der Waals surface area contributed by atoms with Crippen LogP contribution in [0.4, 0.5) is 0 Å². The number of hydrogen-bond acceptors (Lipinski definition) is 3. The standard InChI is InChI=1S/C15H19NO4/c1-3-11-20-13-8-5-4-7-12(13)15(19)16(2)10-6-9-14(17)18/h3-5,7-8H,1,6,9-11H2,2H3,(H,17,18). The molecule has 0 atom stereocenters. The van der Waals surface area contributed by atoms with Gasteiger partial charge >= 0.3 is 5.97 Å². The quantitative estimate of drug-likeness (QED) is 0.740. The molecule has 1 rings (SSSR count). The lowest BCUT2D eigenvalue weighted by atomic mass is 10.1. The smallest absolute Gasteiger partial charge is 0.303 e. The Morgan fingerprint density at radius 1 is 1.40 bits per heavy atom. The fourth-order valence-corrected chi connectivity index (χ4v) is 1.69. The van der Waals surface area contributed by atoms with Crippen molar-refractivity contribution in [2.75, 3.05) is 20.2 Å². The zero-order valence-corrected chi connectivity index (χ0v) is 11.5. The van der Waals surface area contributed by atoms with Crippen LogP contribution in [0.3, 0.4) is 0 Å². The maximum absolute atomic E-state index is 12.3. The van der Waals surface area contributed by atoms with E-state index in [1.165, 1.54) is 4.90 Å². The SMILES string of the molecule is C=CCOc1ccccc1C(=O)N(C)CCCC(=O)O. The predicted octanol–water partition coefficient (Wildman–Crippen LogP) is 2.19. The first-order valence-corrected chi connectivity index (χ1v) is 6.36. The molecule has 0 unspecified atom stereocenters. The lowest BCUT2D eigenvalue weighted by Gasteiger charge is -2.18. The molecule has 1 N–H and O–H groups in total. The Balaban J connectivity index is 2.70. The number of ether oxygens (including phenoxy) is 1. The third-order valence-electron chi connectivity index (χ3n) is 2.71. The van der Waals surface area contributed by atoms with Crippen LogP contribution < -0.4 is 4.74 Å². The molecule has 108 valence electrons. The summed E-state index contributed by atoms with van der Waals surface area (Å²) in [6.07, 6.45) is 2.08. The molecule has 20 heavy (non-hydrogen) atoms. The summed E-state index contributed by atoms with van der Waals surface area (Å²) < 4.78 is 5.44. The second-order valence-electron chi connectivity index (χ2n) is 4.32. The Morgan fingerprint density at radius 3 is 2.75 bits per heavy atom. The lowest BCUT2D eigenvalue weighted by molar-refractivity contribution is -0.137. The lowest BCUT2D eigenvalue weighted by Crippen LogP contribution is -2.28. The number of rotatable bonds is 8. The van der Waals surface area contributed by atoms with Gasteiger partial charge in [-0.3, -0.25) is 9.59 Å². The van der Waals surface area contributed by atoms with Crippen LogP contribution >= 0.6 is 0 Å². The van der Waals surface area contributed by atoms with Crippen molar-refractivity contribution in [3.63, 3.8) is 0 Å². The van der Waals surface area contributed by atoms with E-state index in [1.54, 1.807) is 37.4 Å². The number of nitrogens with zero attached hydrogens (tertiary/aromatic N) is 1. The number of aliphatic carboxylic acids is 1. The van der Waals surface area contributed by atoms with Gasteiger partial charge in [-0.2, -0.15) is 0 Å². The number of carbonyl (C=O) groups is 2. The Bertz CT molecular complexity index is 485. The molecule has 0 heterocycles. The minimum Gasteiger partial charge on any atom is -0.489 e. The van der Waals surface area contributed by atoms with E-state index in [0.717, 1.165) is 0 Å². The van der Waals surface area contributed by atoms with Gasteiger partial charge in [0.25, 0.3) is 5.91 Å². The molecule has 5 nitrogen and oxygen atoms in total. The zero-order valence-electron chi connectivity index (χ0n) is 11.5. The van der Waals surface area contributed by atoms with Crippen LogP contribution in [0, 0.1) is 0 Å². The second kappa shape index (κ2) is 7.99. The molecule has 0 aliphatic heterocycles. The Labute approximate surface area is 118 Å². The molecule has 0 saturated heterocycles. The number of benzene rings is 1. The summed E-state index contributed by atoms with van der Waals surface area (Å²) in [7, 11) is 1.65. The Hall–Kier alpha value is -2.30. The molecule has 0 spiro atoms. The molecule has 0 radical (unpaired) electrons. The normalized spacial score (nSPS) is 9.85. The van der Waals surface area contributed by atoms with Gasteiger partial charge in [0.2, 0.25) is 0 Å². The van der Waals surface area contributed by atoms with Crippen molar-refractivity contribution in [3.8, 4) is 5.75 Å². The predicted molar refractivity (Wildman–Crippen MR) is 76.0 cm³/mol. The zero-order chi connectivity index (χ0) is 15.0. The van der Waals surface area contributed by atoms with Gasteiger partial charge in [-0.05, 0) is 18.6 Å². The van der Waals surface area contributed by atoms with Gasteiger partial charge in [0.1, 0.15) is 12.4 Å². The average molecular weight is 277 g/mol.